The Bertz CT molecular complexity index is 572. The van der Waals surface area contributed by atoms with Crippen LogP contribution < -0.4 is 5.32 Å². The minimum Gasteiger partial charge on any atom is -0.464 e. The fraction of sp³-hybridized carbons (Fsp3) is 0.188. The summed E-state index contributed by atoms with van der Waals surface area (Å²) in [6.45, 7) is 2.05. The van der Waals surface area contributed by atoms with Crippen LogP contribution in [0.25, 0.3) is 0 Å². The Kier molecular flexibility index (Phi) is 4.71. The Morgan fingerprint density at radius 2 is 1.95 bits per heavy atom. The second kappa shape index (κ2) is 6.70. The van der Waals surface area contributed by atoms with E-state index in [1.807, 2.05) is 30.3 Å². The third-order valence-corrected chi connectivity index (χ3v) is 2.79. The highest BCUT2D eigenvalue weighted by Crippen LogP contribution is 2.21. The van der Waals surface area contributed by atoms with Gasteiger partial charge in [-0.15, -0.1) is 0 Å². The van der Waals surface area contributed by atoms with Crippen molar-refractivity contribution in [1.82, 2.24) is 0 Å². The number of rotatable bonds is 5. The summed E-state index contributed by atoms with van der Waals surface area (Å²) in [4.78, 5) is 12.1. The second-order valence-corrected chi connectivity index (χ2v) is 4.25. The lowest BCUT2D eigenvalue weighted by Crippen LogP contribution is -2.23. The maximum Gasteiger partial charge on any atom is 0.333 e. The van der Waals surface area contributed by atoms with E-state index in [0.717, 1.165) is 5.56 Å². The van der Waals surface area contributed by atoms with Gasteiger partial charge >= 0.3 is 5.97 Å². The average Bonchev–Trinajstić information content (AvgIpc) is 2.46. The number of halogens is 1. The average molecular weight is 273 g/mol. The SMILES string of the molecule is CCOC(=O)[C@@H](Nc1cccc(F)c1)c1ccccc1. The molecule has 0 aromatic heterocycles. The van der Waals surface area contributed by atoms with Crippen molar-refractivity contribution >= 4 is 11.7 Å². The molecule has 2 aromatic rings. The van der Waals surface area contributed by atoms with E-state index in [2.05, 4.69) is 5.32 Å². The molecule has 1 atom stereocenters. The standard InChI is InChI=1S/C16H16FNO2/c1-2-20-16(19)15(12-7-4-3-5-8-12)18-14-10-6-9-13(17)11-14/h3-11,15,18H,2H2,1H3/t15-/m0/s1. The highest BCUT2D eigenvalue weighted by Gasteiger charge is 2.21. The van der Waals surface area contributed by atoms with Crippen LogP contribution in [0.3, 0.4) is 0 Å². The van der Waals surface area contributed by atoms with Crippen molar-refractivity contribution in [2.45, 2.75) is 13.0 Å². The maximum atomic E-state index is 13.2. The molecule has 1 N–H and O–H groups in total. The Labute approximate surface area is 117 Å². The van der Waals surface area contributed by atoms with E-state index in [4.69, 9.17) is 4.74 Å². The molecule has 0 heterocycles. The Morgan fingerprint density at radius 1 is 1.20 bits per heavy atom. The number of ether oxygens (including phenoxy) is 1. The summed E-state index contributed by atoms with van der Waals surface area (Å²) in [5, 5.41) is 3.01. The van der Waals surface area contributed by atoms with Gasteiger partial charge in [-0.05, 0) is 30.7 Å². The fourth-order valence-electron chi connectivity index (χ4n) is 1.89. The summed E-state index contributed by atoms with van der Waals surface area (Å²) in [7, 11) is 0. The molecule has 104 valence electrons. The van der Waals surface area contributed by atoms with Gasteiger partial charge in [-0.2, -0.15) is 0 Å². The van der Waals surface area contributed by atoms with E-state index in [1.54, 1.807) is 19.1 Å². The molecule has 20 heavy (non-hydrogen) atoms. The third kappa shape index (κ3) is 3.57. The van der Waals surface area contributed by atoms with Gasteiger partial charge in [0.2, 0.25) is 0 Å². The molecule has 0 fully saturated rings. The fourth-order valence-corrected chi connectivity index (χ4v) is 1.89. The summed E-state index contributed by atoms with van der Waals surface area (Å²) in [6.07, 6.45) is 0. The van der Waals surface area contributed by atoms with Crippen LogP contribution in [0.1, 0.15) is 18.5 Å². The van der Waals surface area contributed by atoms with Crippen molar-refractivity contribution in [2.75, 3.05) is 11.9 Å². The first-order valence-corrected chi connectivity index (χ1v) is 6.44. The number of carbonyl (C=O) groups excluding carboxylic acids is 1. The minimum atomic E-state index is -0.655. The van der Waals surface area contributed by atoms with Crippen LogP contribution in [0, 0.1) is 5.82 Å². The van der Waals surface area contributed by atoms with Crippen molar-refractivity contribution in [3.63, 3.8) is 0 Å². The Morgan fingerprint density at radius 3 is 2.60 bits per heavy atom. The van der Waals surface area contributed by atoms with Gasteiger partial charge in [-0.3, -0.25) is 0 Å². The summed E-state index contributed by atoms with van der Waals surface area (Å²) in [5.74, 6) is -0.742. The van der Waals surface area contributed by atoms with E-state index in [9.17, 15) is 9.18 Å². The van der Waals surface area contributed by atoms with E-state index in [-0.39, 0.29) is 11.8 Å². The molecular formula is C16H16FNO2. The van der Waals surface area contributed by atoms with Crippen LogP contribution in [0.4, 0.5) is 10.1 Å². The predicted octanol–water partition coefficient (Wildman–Crippen LogP) is 3.54. The number of anilines is 1. The van der Waals surface area contributed by atoms with E-state index in [1.165, 1.54) is 12.1 Å². The van der Waals surface area contributed by atoms with Crippen molar-refractivity contribution in [2.24, 2.45) is 0 Å². The highest BCUT2D eigenvalue weighted by molar-refractivity contribution is 5.81. The van der Waals surface area contributed by atoms with Gasteiger partial charge in [0, 0.05) is 5.69 Å². The summed E-state index contributed by atoms with van der Waals surface area (Å²) in [6, 6.07) is 14.5. The van der Waals surface area contributed by atoms with Crippen molar-refractivity contribution in [3.8, 4) is 0 Å². The van der Waals surface area contributed by atoms with Gasteiger partial charge in [-0.25, -0.2) is 9.18 Å². The molecule has 0 spiro atoms. The van der Waals surface area contributed by atoms with Crippen LogP contribution in [-0.2, 0) is 9.53 Å². The first-order valence-electron chi connectivity index (χ1n) is 6.44. The lowest BCUT2D eigenvalue weighted by molar-refractivity contribution is -0.144. The lowest BCUT2D eigenvalue weighted by Gasteiger charge is -2.18. The molecule has 0 aliphatic rings. The normalized spacial score (nSPS) is 11.7. The molecule has 0 saturated heterocycles. The molecule has 4 heteroatoms. The van der Waals surface area contributed by atoms with Crippen LogP contribution in [0.15, 0.2) is 54.6 Å². The molecular weight excluding hydrogens is 257 g/mol. The zero-order valence-electron chi connectivity index (χ0n) is 11.2. The lowest BCUT2D eigenvalue weighted by atomic mass is 10.1. The molecule has 2 rings (SSSR count). The first kappa shape index (κ1) is 14.1. The van der Waals surface area contributed by atoms with Crippen molar-refractivity contribution in [1.29, 1.82) is 0 Å². The number of esters is 1. The van der Waals surface area contributed by atoms with Crippen LogP contribution in [0.5, 0.6) is 0 Å². The van der Waals surface area contributed by atoms with Gasteiger partial charge in [-0.1, -0.05) is 36.4 Å². The first-order chi connectivity index (χ1) is 9.70. The number of nitrogens with one attached hydrogen (secondary N) is 1. The second-order valence-electron chi connectivity index (χ2n) is 4.25. The molecule has 0 aliphatic carbocycles. The smallest absolute Gasteiger partial charge is 0.333 e. The van der Waals surface area contributed by atoms with Gasteiger partial charge in [0.1, 0.15) is 5.82 Å². The molecule has 0 amide bonds. The third-order valence-electron chi connectivity index (χ3n) is 2.79. The zero-order chi connectivity index (χ0) is 14.4. The number of benzene rings is 2. The van der Waals surface area contributed by atoms with Crippen molar-refractivity contribution < 1.29 is 13.9 Å². The molecule has 0 radical (unpaired) electrons. The Hall–Kier alpha value is -2.36. The summed E-state index contributed by atoms with van der Waals surface area (Å²) in [5.41, 5.74) is 1.31. The molecule has 0 bridgehead atoms. The van der Waals surface area contributed by atoms with E-state index in [0.29, 0.717) is 12.3 Å². The molecule has 3 nitrogen and oxygen atoms in total. The minimum absolute atomic E-state index is 0.299. The van der Waals surface area contributed by atoms with Crippen LogP contribution in [0.2, 0.25) is 0 Å². The summed E-state index contributed by atoms with van der Waals surface area (Å²) < 4.78 is 18.3. The zero-order valence-corrected chi connectivity index (χ0v) is 11.2. The highest BCUT2D eigenvalue weighted by atomic mass is 19.1. The van der Waals surface area contributed by atoms with Gasteiger partial charge in [0.15, 0.2) is 6.04 Å². The molecule has 2 aromatic carbocycles. The number of carbonyl (C=O) groups is 1. The van der Waals surface area contributed by atoms with Crippen molar-refractivity contribution in [3.05, 3.63) is 66.0 Å². The van der Waals surface area contributed by atoms with Crippen LogP contribution in [-0.4, -0.2) is 12.6 Å². The van der Waals surface area contributed by atoms with Gasteiger partial charge in [0.25, 0.3) is 0 Å². The molecule has 0 unspecified atom stereocenters. The monoisotopic (exact) mass is 273 g/mol. The number of hydrogen-bond acceptors (Lipinski definition) is 3. The topological polar surface area (TPSA) is 38.3 Å². The van der Waals surface area contributed by atoms with Crippen LogP contribution >= 0.6 is 0 Å². The largest absolute Gasteiger partial charge is 0.464 e. The van der Waals surface area contributed by atoms with Gasteiger partial charge in [0.05, 0.1) is 6.61 Å². The van der Waals surface area contributed by atoms with E-state index < -0.39 is 6.04 Å². The Balaban J connectivity index is 2.25. The van der Waals surface area contributed by atoms with Gasteiger partial charge < -0.3 is 10.1 Å². The quantitative estimate of drug-likeness (QED) is 0.847. The maximum absolute atomic E-state index is 13.2. The number of hydrogen-bond donors (Lipinski definition) is 1. The molecule has 0 saturated carbocycles. The van der Waals surface area contributed by atoms with E-state index >= 15 is 0 Å². The predicted molar refractivity (Wildman–Crippen MR) is 75.8 cm³/mol. The molecule has 0 aliphatic heterocycles. The summed E-state index contributed by atoms with van der Waals surface area (Å²) >= 11 is 0.